The van der Waals surface area contributed by atoms with E-state index in [1.54, 1.807) is 6.92 Å². The third-order valence-electron chi connectivity index (χ3n) is 5.57. The molecule has 0 radical (unpaired) electrons. The summed E-state index contributed by atoms with van der Waals surface area (Å²) in [5, 5.41) is 1.28. The fourth-order valence-corrected chi connectivity index (χ4v) is 4.87. The molecule has 1 aliphatic rings. The first-order valence-corrected chi connectivity index (χ1v) is 11.9. The van der Waals surface area contributed by atoms with Gasteiger partial charge < -0.3 is 14.8 Å². The van der Waals surface area contributed by atoms with Crippen LogP contribution in [0.25, 0.3) is 0 Å². The summed E-state index contributed by atoms with van der Waals surface area (Å²) in [6, 6.07) is 17.8. The standard InChI is InChI=1S/C24H25ClN4O2S/c1-17-19(23(31)27-24(26-17)32-16-18-7-3-2-4-8-18)15-22(30)29-13-11-28(12-14-29)21-10-6-5-9-20(21)25/h2-10H,11-16H2,1H3,(H,26,27,31). The number of hydrogen-bond acceptors (Lipinski definition) is 5. The van der Waals surface area contributed by atoms with E-state index in [2.05, 4.69) is 14.9 Å². The molecule has 0 aliphatic carbocycles. The first-order valence-electron chi connectivity index (χ1n) is 10.5. The summed E-state index contributed by atoms with van der Waals surface area (Å²) in [6.07, 6.45) is 0.0594. The van der Waals surface area contributed by atoms with E-state index in [1.807, 2.05) is 59.5 Å². The van der Waals surface area contributed by atoms with Crippen LogP contribution in [0.4, 0.5) is 5.69 Å². The highest BCUT2D eigenvalue weighted by Crippen LogP contribution is 2.26. The van der Waals surface area contributed by atoms with E-state index in [-0.39, 0.29) is 17.9 Å². The van der Waals surface area contributed by atoms with Crippen molar-refractivity contribution in [2.45, 2.75) is 24.3 Å². The summed E-state index contributed by atoms with van der Waals surface area (Å²) < 4.78 is 0. The average Bonchev–Trinajstić information content (AvgIpc) is 2.81. The van der Waals surface area contributed by atoms with E-state index in [4.69, 9.17) is 11.6 Å². The lowest BCUT2D eigenvalue weighted by molar-refractivity contribution is -0.130. The molecule has 0 saturated carbocycles. The van der Waals surface area contributed by atoms with Crippen LogP contribution < -0.4 is 10.5 Å². The molecule has 1 aliphatic heterocycles. The largest absolute Gasteiger partial charge is 0.367 e. The van der Waals surface area contributed by atoms with Gasteiger partial charge in [-0.3, -0.25) is 9.59 Å². The van der Waals surface area contributed by atoms with Crippen molar-refractivity contribution < 1.29 is 4.79 Å². The van der Waals surface area contributed by atoms with Crippen LogP contribution in [-0.2, 0) is 17.0 Å². The number of nitrogens with one attached hydrogen (secondary N) is 1. The van der Waals surface area contributed by atoms with Gasteiger partial charge in [0.05, 0.1) is 17.1 Å². The highest BCUT2D eigenvalue weighted by atomic mass is 35.5. The van der Waals surface area contributed by atoms with E-state index < -0.39 is 0 Å². The van der Waals surface area contributed by atoms with Gasteiger partial charge in [-0.1, -0.05) is 65.8 Å². The van der Waals surface area contributed by atoms with Crippen molar-refractivity contribution in [1.29, 1.82) is 0 Å². The van der Waals surface area contributed by atoms with Crippen LogP contribution in [0.15, 0.2) is 64.5 Å². The molecule has 32 heavy (non-hydrogen) atoms. The normalized spacial score (nSPS) is 13.9. The van der Waals surface area contributed by atoms with Gasteiger partial charge in [0.15, 0.2) is 5.16 Å². The molecule has 2 aromatic carbocycles. The molecule has 1 amide bonds. The van der Waals surface area contributed by atoms with Crippen molar-refractivity contribution in [2.75, 3.05) is 31.1 Å². The molecule has 0 spiro atoms. The zero-order valence-electron chi connectivity index (χ0n) is 17.9. The van der Waals surface area contributed by atoms with Gasteiger partial charge in [0.25, 0.3) is 5.56 Å². The summed E-state index contributed by atoms with van der Waals surface area (Å²) in [6.45, 7) is 4.40. The minimum atomic E-state index is -0.240. The van der Waals surface area contributed by atoms with Crippen molar-refractivity contribution in [3.8, 4) is 0 Å². The number of rotatable bonds is 6. The molecule has 1 fully saturated rings. The van der Waals surface area contributed by atoms with Gasteiger partial charge in [0, 0.05) is 43.2 Å². The SMILES string of the molecule is Cc1nc(SCc2ccccc2)[nH]c(=O)c1CC(=O)N1CCN(c2ccccc2Cl)CC1. The number of benzene rings is 2. The molecule has 4 rings (SSSR count). The van der Waals surface area contributed by atoms with E-state index in [9.17, 15) is 9.59 Å². The van der Waals surface area contributed by atoms with Gasteiger partial charge in [-0.2, -0.15) is 0 Å². The second kappa shape index (κ2) is 10.2. The van der Waals surface area contributed by atoms with Crippen LogP contribution in [0, 0.1) is 6.92 Å². The van der Waals surface area contributed by atoms with Crippen molar-refractivity contribution in [2.24, 2.45) is 0 Å². The van der Waals surface area contributed by atoms with Crippen LogP contribution in [0.1, 0.15) is 16.8 Å². The van der Waals surface area contributed by atoms with Crippen LogP contribution in [-0.4, -0.2) is 47.0 Å². The Morgan fingerprint density at radius 3 is 2.44 bits per heavy atom. The molecule has 0 unspecified atom stereocenters. The van der Waals surface area contributed by atoms with Crippen LogP contribution in [0.2, 0.25) is 5.02 Å². The number of halogens is 1. The number of carbonyl (C=O) groups excluding carboxylic acids is 1. The van der Waals surface area contributed by atoms with Crippen molar-refractivity contribution in [3.05, 3.63) is 86.8 Å². The predicted octanol–water partition coefficient (Wildman–Crippen LogP) is 3.92. The third kappa shape index (κ3) is 5.34. The Hall–Kier alpha value is -2.77. The number of thioether (sulfide) groups is 1. The molecule has 166 valence electrons. The van der Waals surface area contributed by atoms with Crippen molar-refractivity contribution in [1.82, 2.24) is 14.9 Å². The van der Waals surface area contributed by atoms with Gasteiger partial charge in [0.1, 0.15) is 0 Å². The number of aromatic nitrogens is 2. The number of hydrogen-bond donors (Lipinski definition) is 1. The zero-order valence-corrected chi connectivity index (χ0v) is 19.5. The first-order chi connectivity index (χ1) is 15.5. The Kier molecular flexibility index (Phi) is 7.17. The lowest BCUT2D eigenvalue weighted by Gasteiger charge is -2.36. The number of H-pyrrole nitrogens is 1. The van der Waals surface area contributed by atoms with Crippen LogP contribution >= 0.6 is 23.4 Å². The second-order valence-corrected chi connectivity index (χ2v) is 9.08. The highest BCUT2D eigenvalue weighted by Gasteiger charge is 2.24. The highest BCUT2D eigenvalue weighted by molar-refractivity contribution is 7.98. The molecular weight excluding hydrogens is 444 g/mol. The Bertz CT molecular complexity index is 1140. The van der Waals surface area contributed by atoms with E-state index in [0.29, 0.717) is 47.6 Å². The molecule has 1 aromatic heterocycles. The van der Waals surface area contributed by atoms with Crippen LogP contribution in [0.3, 0.4) is 0 Å². The van der Waals surface area contributed by atoms with Gasteiger partial charge in [-0.25, -0.2) is 4.98 Å². The van der Waals surface area contributed by atoms with Gasteiger partial charge in [-0.05, 0) is 24.6 Å². The lowest BCUT2D eigenvalue weighted by atomic mass is 10.1. The van der Waals surface area contributed by atoms with E-state index in [0.717, 1.165) is 17.0 Å². The Balaban J connectivity index is 1.36. The van der Waals surface area contributed by atoms with Crippen molar-refractivity contribution >= 4 is 35.0 Å². The second-order valence-electron chi connectivity index (χ2n) is 7.71. The number of amides is 1. The monoisotopic (exact) mass is 468 g/mol. The summed E-state index contributed by atoms with van der Waals surface area (Å²) in [7, 11) is 0. The van der Waals surface area contributed by atoms with Gasteiger partial charge >= 0.3 is 0 Å². The number of carbonyl (C=O) groups is 1. The fourth-order valence-electron chi connectivity index (χ4n) is 3.76. The van der Waals surface area contributed by atoms with Gasteiger partial charge in [0.2, 0.25) is 5.91 Å². The quantitative estimate of drug-likeness (QED) is 0.438. The number of piperazine rings is 1. The summed E-state index contributed by atoms with van der Waals surface area (Å²) in [5.74, 6) is 0.668. The molecule has 2 heterocycles. The number of para-hydroxylation sites is 1. The topological polar surface area (TPSA) is 69.3 Å². The molecule has 8 heteroatoms. The average molecular weight is 469 g/mol. The predicted molar refractivity (Wildman–Crippen MR) is 130 cm³/mol. The zero-order chi connectivity index (χ0) is 22.5. The fraction of sp³-hybridized carbons (Fsp3) is 0.292. The third-order valence-corrected chi connectivity index (χ3v) is 6.84. The summed E-state index contributed by atoms with van der Waals surface area (Å²) in [5.41, 5.74) is 2.95. The molecule has 6 nitrogen and oxygen atoms in total. The summed E-state index contributed by atoms with van der Waals surface area (Å²) >= 11 is 7.78. The Morgan fingerprint density at radius 2 is 1.75 bits per heavy atom. The maximum atomic E-state index is 12.9. The van der Waals surface area contributed by atoms with Crippen LogP contribution in [0.5, 0.6) is 0 Å². The number of aryl methyl sites for hydroxylation is 1. The summed E-state index contributed by atoms with van der Waals surface area (Å²) in [4.78, 5) is 36.9. The van der Waals surface area contributed by atoms with Gasteiger partial charge in [-0.15, -0.1) is 0 Å². The minimum Gasteiger partial charge on any atom is -0.367 e. The number of aromatic amines is 1. The molecule has 0 atom stereocenters. The smallest absolute Gasteiger partial charge is 0.255 e. The Morgan fingerprint density at radius 1 is 1.06 bits per heavy atom. The minimum absolute atomic E-state index is 0.0519. The molecule has 1 saturated heterocycles. The molecule has 1 N–H and O–H groups in total. The van der Waals surface area contributed by atoms with E-state index in [1.165, 1.54) is 11.8 Å². The molecule has 0 bridgehead atoms. The first kappa shape index (κ1) is 22.4. The number of nitrogens with zero attached hydrogens (tertiary/aromatic N) is 3. The Labute approximate surface area is 196 Å². The van der Waals surface area contributed by atoms with Crippen molar-refractivity contribution in [3.63, 3.8) is 0 Å². The lowest BCUT2D eigenvalue weighted by Crippen LogP contribution is -2.49. The maximum absolute atomic E-state index is 12.9. The maximum Gasteiger partial charge on any atom is 0.255 e. The molecule has 3 aromatic rings. The van der Waals surface area contributed by atoms with E-state index >= 15 is 0 Å². The molecular formula is C24H25ClN4O2S. The number of anilines is 1.